The van der Waals surface area contributed by atoms with E-state index in [1.54, 1.807) is 30.3 Å². The first kappa shape index (κ1) is 17.2. The highest BCUT2D eigenvalue weighted by molar-refractivity contribution is 7.99. The van der Waals surface area contributed by atoms with Gasteiger partial charge in [0.25, 0.3) is 11.7 Å². The molecule has 5 heteroatoms. The number of nitrogens with one attached hydrogen (secondary N) is 1. The molecule has 0 fully saturated rings. The Balaban J connectivity index is 1.76. The Morgan fingerprint density at radius 1 is 0.800 bits per heavy atom. The Kier molecular flexibility index (Phi) is 5.46. The Morgan fingerprint density at radius 2 is 1.40 bits per heavy atom. The largest absolute Gasteiger partial charge is 0.322 e. The van der Waals surface area contributed by atoms with E-state index >= 15 is 0 Å². The van der Waals surface area contributed by atoms with Crippen LogP contribution in [0.15, 0.2) is 83.8 Å². The first-order valence-electron chi connectivity index (χ1n) is 7.64. The summed E-state index contributed by atoms with van der Waals surface area (Å²) in [5.74, 6) is -2.98. The van der Waals surface area contributed by atoms with Gasteiger partial charge in [0, 0.05) is 10.6 Å². The molecule has 0 aliphatic rings. The van der Waals surface area contributed by atoms with Crippen LogP contribution in [0, 0.1) is 0 Å². The van der Waals surface area contributed by atoms with Gasteiger partial charge in [-0.1, -0.05) is 66.4 Å². The second-order valence-electron chi connectivity index (χ2n) is 5.27. The van der Waals surface area contributed by atoms with Crippen molar-refractivity contribution in [3.05, 3.63) is 84.4 Å². The molecule has 0 unspecified atom stereocenters. The maximum atomic E-state index is 12.6. The maximum absolute atomic E-state index is 12.6. The van der Waals surface area contributed by atoms with Crippen LogP contribution in [0.25, 0.3) is 11.1 Å². The fourth-order valence-electron chi connectivity index (χ4n) is 2.43. The number of amides is 1. The molecule has 0 saturated heterocycles. The fraction of sp³-hybridized carbons (Fsp3) is 0.0500. The lowest BCUT2D eigenvalue weighted by molar-refractivity contribution is 0.102. The van der Waals surface area contributed by atoms with E-state index in [2.05, 4.69) is 5.32 Å². The molecule has 3 aromatic carbocycles. The van der Waals surface area contributed by atoms with Gasteiger partial charge in [0.2, 0.25) is 0 Å². The van der Waals surface area contributed by atoms with Crippen molar-refractivity contribution in [3.8, 4) is 11.1 Å². The van der Waals surface area contributed by atoms with E-state index in [1.807, 2.05) is 42.5 Å². The van der Waals surface area contributed by atoms with Gasteiger partial charge in [-0.25, -0.2) is 0 Å². The summed E-state index contributed by atoms with van der Waals surface area (Å²) in [5.41, 5.74) is 2.97. The van der Waals surface area contributed by atoms with E-state index in [0.717, 1.165) is 11.1 Å². The van der Waals surface area contributed by atoms with E-state index < -0.39 is 11.7 Å². The normalized spacial score (nSPS) is 10.7. The molecule has 3 rings (SSSR count). The average molecular weight is 355 g/mol. The Hall–Kier alpha value is -2.66. The van der Waals surface area contributed by atoms with Gasteiger partial charge in [-0.3, -0.25) is 4.79 Å². The van der Waals surface area contributed by atoms with Crippen molar-refractivity contribution in [3.63, 3.8) is 0 Å². The van der Waals surface area contributed by atoms with Gasteiger partial charge in [-0.05, 0) is 35.4 Å². The van der Waals surface area contributed by atoms with Gasteiger partial charge in [0.15, 0.2) is 0 Å². The van der Waals surface area contributed by atoms with Crippen LogP contribution in [0.4, 0.5) is 14.5 Å². The predicted octanol–water partition coefficient (Wildman–Crippen LogP) is 5.92. The Labute approximate surface area is 148 Å². The zero-order chi connectivity index (χ0) is 17.6. The molecule has 2 nitrogen and oxygen atoms in total. The molecule has 0 aromatic heterocycles. The first-order valence-corrected chi connectivity index (χ1v) is 8.52. The van der Waals surface area contributed by atoms with Gasteiger partial charge in [0.05, 0.1) is 5.56 Å². The topological polar surface area (TPSA) is 29.1 Å². The van der Waals surface area contributed by atoms with Crippen molar-refractivity contribution in [2.75, 3.05) is 5.32 Å². The molecule has 0 bridgehead atoms. The van der Waals surface area contributed by atoms with Crippen LogP contribution in [0.5, 0.6) is 0 Å². The predicted molar refractivity (Wildman–Crippen MR) is 98.1 cm³/mol. The Bertz CT molecular complexity index is 851. The minimum Gasteiger partial charge on any atom is -0.322 e. The van der Waals surface area contributed by atoms with Crippen LogP contribution in [0.3, 0.4) is 0 Å². The summed E-state index contributed by atoms with van der Waals surface area (Å²) in [5, 5.41) is 2.75. The highest BCUT2D eigenvalue weighted by atomic mass is 32.2. The summed E-state index contributed by atoms with van der Waals surface area (Å²) < 4.78 is 25.3. The van der Waals surface area contributed by atoms with E-state index in [1.165, 1.54) is 6.07 Å². The third-order valence-corrected chi connectivity index (χ3v) is 4.39. The summed E-state index contributed by atoms with van der Waals surface area (Å²) in [7, 11) is 0. The lowest BCUT2D eigenvalue weighted by Gasteiger charge is -2.10. The van der Waals surface area contributed by atoms with Crippen molar-refractivity contribution < 1.29 is 13.6 Å². The van der Waals surface area contributed by atoms with Crippen LogP contribution in [0.2, 0.25) is 0 Å². The van der Waals surface area contributed by atoms with Crippen molar-refractivity contribution >= 4 is 23.4 Å². The number of hydrogen-bond donors (Lipinski definition) is 1. The van der Waals surface area contributed by atoms with Crippen LogP contribution in [0.1, 0.15) is 10.4 Å². The van der Waals surface area contributed by atoms with E-state index in [-0.39, 0.29) is 10.5 Å². The number of alkyl halides is 2. The van der Waals surface area contributed by atoms with E-state index in [0.29, 0.717) is 17.4 Å². The molecule has 0 spiro atoms. The monoisotopic (exact) mass is 355 g/mol. The van der Waals surface area contributed by atoms with Gasteiger partial charge < -0.3 is 5.32 Å². The molecule has 1 N–H and O–H groups in total. The summed E-state index contributed by atoms with van der Waals surface area (Å²) >= 11 is 0.369. The Morgan fingerprint density at radius 3 is 2.08 bits per heavy atom. The van der Waals surface area contributed by atoms with Gasteiger partial charge in [-0.15, -0.1) is 0 Å². The van der Waals surface area contributed by atoms with Gasteiger partial charge in [-0.2, -0.15) is 8.78 Å². The molecular weight excluding hydrogens is 340 g/mol. The minimum atomic E-state index is -2.57. The molecule has 0 saturated carbocycles. The number of halogens is 2. The molecule has 25 heavy (non-hydrogen) atoms. The zero-order valence-corrected chi connectivity index (χ0v) is 14.0. The second kappa shape index (κ2) is 7.94. The van der Waals surface area contributed by atoms with Crippen LogP contribution in [-0.4, -0.2) is 11.7 Å². The number of hydrogen-bond acceptors (Lipinski definition) is 2. The highest BCUT2D eigenvalue weighted by Gasteiger charge is 2.15. The minimum absolute atomic E-state index is 0.236. The quantitative estimate of drug-likeness (QED) is 0.576. The van der Waals surface area contributed by atoms with Crippen molar-refractivity contribution in [1.29, 1.82) is 0 Å². The summed E-state index contributed by atoms with van der Waals surface area (Å²) in [6, 6.07) is 23.6. The second-order valence-corrected chi connectivity index (χ2v) is 6.30. The third-order valence-electron chi connectivity index (χ3n) is 3.60. The number of benzene rings is 3. The number of rotatable bonds is 5. The molecule has 3 aromatic rings. The molecule has 0 heterocycles. The maximum Gasteiger partial charge on any atom is 0.288 e. The smallest absolute Gasteiger partial charge is 0.288 e. The average Bonchev–Trinajstić information content (AvgIpc) is 2.63. The van der Waals surface area contributed by atoms with Crippen molar-refractivity contribution in [2.24, 2.45) is 0 Å². The highest BCUT2D eigenvalue weighted by Crippen LogP contribution is 2.29. The van der Waals surface area contributed by atoms with Crippen LogP contribution in [-0.2, 0) is 0 Å². The van der Waals surface area contributed by atoms with Crippen LogP contribution >= 0.6 is 11.8 Å². The van der Waals surface area contributed by atoms with Crippen molar-refractivity contribution in [1.82, 2.24) is 0 Å². The summed E-state index contributed by atoms with van der Waals surface area (Å²) in [6.45, 7) is 0. The standard InChI is InChI=1S/C20H15F2NOS/c21-20(22)25-18-9-5-4-8-17(18)19(24)23-16-12-10-15(11-13-16)14-6-2-1-3-7-14/h1-13,20H,(H,23,24). The SMILES string of the molecule is O=C(Nc1ccc(-c2ccccc2)cc1)c1ccccc1SC(F)F. The molecule has 0 atom stereocenters. The van der Waals surface area contributed by atoms with E-state index in [9.17, 15) is 13.6 Å². The third kappa shape index (κ3) is 4.45. The molecule has 126 valence electrons. The van der Waals surface area contributed by atoms with Gasteiger partial charge >= 0.3 is 0 Å². The lowest BCUT2D eigenvalue weighted by Crippen LogP contribution is -2.13. The fourth-order valence-corrected chi connectivity index (χ4v) is 3.06. The molecule has 1 amide bonds. The van der Waals surface area contributed by atoms with Crippen molar-refractivity contribution in [2.45, 2.75) is 10.7 Å². The van der Waals surface area contributed by atoms with Gasteiger partial charge in [0.1, 0.15) is 0 Å². The first-order chi connectivity index (χ1) is 12.1. The van der Waals surface area contributed by atoms with Crippen LogP contribution < -0.4 is 5.32 Å². The summed E-state index contributed by atoms with van der Waals surface area (Å²) in [4.78, 5) is 12.7. The summed E-state index contributed by atoms with van der Waals surface area (Å²) in [6.07, 6.45) is 0. The molecule has 0 aliphatic carbocycles. The molecular formula is C20H15F2NOS. The number of carbonyl (C=O) groups excluding carboxylic acids is 1. The zero-order valence-electron chi connectivity index (χ0n) is 13.2. The number of anilines is 1. The molecule has 0 radical (unpaired) electrons. The number of carbonyl (C=O) groups is 1. The number of thioether (sulfide) groups is 1. The molecule has 0 aliphatic heterocycles. The van der Waals surface area contributed by atoms with E-state index in [4.69, 9.17) is 0 Å². The lowest BCUT2D eigenvalue weighted by atomic mass is 10.1.